The van der Waals surface area contributed by atoms with Gasteiger partial charge in [0.25, 0.3) is 0 Å². The van der Waals surface area contributed by atoms with E-state index in [1.165, 1.54) is 0 Å². The monoisotopic (exact) mass is 326 g/mol. The second-order valence-electron chi connectivity index (χ2n) is 5.68. The molecule has 124 valence electrons. The van der Waals surface area contributed by atoms with Gasteiger partial charge in [-0.05, 0) is 12.1 Å². The molecule has 24 heavy (non-hydrogen) atoms. The van der Waals surface area contributed by atoms with E-state index in [0.29, 0.717) is 43.3 Å². The molecule has 0 bridgehead atoms. The maximum Gasteiger partial charge on any atom is 0.322 e. The van der Waals surface area contributed by atoms with Gasteiger partial charge in [0.05, 0.1) is 26.0 Å². The van der Waals surface area contributed by atoms with Crippen LogP contribution < -0.4 is 10.1 Å². The number of nitrogens with zero attached hydrogens (tertiary/aromatic N) is 1. The van der Waals surface area contributed by atoms with Gasteiger partial charge in [-0.2, -0.15) is 0 Å². The summed E-state index contributed by atoms with van der Waals surface area (Å²) in [5.74, 6) is 0.607. The van der Waals surface area contributed by atoms with Crippen molar-refractivity contribution in [3.8, 4) is 5.75 Å². The quantitative estimate of drug-likeness (QED) is 0.783. The molecule has 0 aliphatic carbocycles. The topological polar surface area (TPSA) is 63.9 Å². The van der Waals surface area contributed by atoms with E-state index in [0.717, 1.165) is 16.4 Å². The van der Waals surface area contributed by atoms with Crippen LogP contribution in [0.5, 0.6) is 5.75 Å². The zero-order valence-corrected chi connectivity index (χ0v) is 13.4. The summed E-state index contributed by atoms with van der Waals surface area (Å²) < 4.78 is 16.6. The van der Waals surface area contributed by atoms with Gasteiger partial charge in [0.1, 0.15) is 16.9 Å². The summed E-state index contributed by atoms with van der Waals surface area (Å²) in [5.41, 5.74) is 2.13. The molecule has 2 aromatic carbocycles. The van der Waals surface area contributed by atoms with Crippen LogP contribution in [0.3, 0.4) is 0 Å². The second-order valence-corrected chi connectivity index (χ2v) is 5.68. The number of fused-ring (bicyclic) bond motifs is 3. The summed E-state index contributed by atoms with van der Waals surface area (Å²) in [6.07, 6.45) is 0. The number of hydrogen-bond acceptors (Lipinski definition) is 4. The number of amides is 2. The number of para-hydroxylation sites is 1. The minimum Gasteiger partial charge on any atom is -0.495 e. The van der Waals surface area contributed by atoms with Gasteiger partial charge in [0, 0.05) is 29.9 Å². The predicted molar refractivity (Wildman–Crippen MR) is 91.7 cm³/mol. The predicted octanol–water partition coefficient (Wildman–Crippen LogP) is 3.46. The zero-order valence-electron chi connectivity index (χ0n) is 13.4. The lowest BCUT2D eigenvalue weighted by atomic mass is 10.1. The first-order valence-corrected chi connectivity index (χ1v) is 7.89. The molecule has 0 spiro atoms. The molecule has 1 aliphatic heterocycles. The van der Waals surface area contributed by atoms with Crippen molar-refractivity contribution in [2.24, 2.45) is 0 Å². The van der Waals surface area contributed by atoms with Gasteiger partial charge in [-0.1, -0.05) is 18.2 Å². The fourth-order valence-electron chi connectivity index (χ4n) is 2.98. The summed E-state index contributed by atoms with van der Waals surface area (Å²) in [6.45, 7) is 2.29. The lowest BCUT2D eigenvalue weighted by molar-refractivity contribution is 0.0564. The summed E-state index contributed by atoms with van der Waals surface area (Å²) in [4.78, 5) is 14.1. The number of benzene rings is 2. The minimum atomic E-state index is -0.160. The molecule has 2 heterocycles. The molecular weight excluding hydrogens is 308 g/mol. The third-order valence-corrected chi connectivity index (χ3v) is 4.24. The fourth-order valence-corrected chi connectivity index (χ4v) is 2.98. The van der Waals surface area contributed by atoms with Gasteiger partial charge in [-0.15, -0.1) is 0 Å². The molecule has 1 aliphatic rings. The van der Waals surface area contributed by atoms with Crippen LogP contribution in [0, 0.1) is 0 Å². The molecule has 1 N–H and O–H groups in total. The van der Waals surface area contributed by atoms with Gasteiger partial charge < -0.3 is 24.1 Å². The van der Waals surface area contributed by atoms with E-state index < -0.39 is 0 Å². The smallest absolute Gasteiger partial charge is 0.322 e. The maximum absolute atomic E-state index is 12.4. The SMILES string of the molecule is COc1cc2c(cc1NC(=O)N1CCOCC1)oc1ccccc12. The fraction of sp³-hybridized carbons (Fsp3) is 0.278. The van der Waals surface area contributed by atoms with Crippen molar-refractivity contribution < 1.29 is 18.7 Å². The molecule has 4 rings (SSSR count). The van der Waals surface area contributed by atoms with Crippen LogP contribution in [0.25, 0.3) is 21.9 Å². The summed E-state index contributed by atoms with van der Waals surface area (Å²) in [6, 6.07) is 11.4. The van der Waals surface area contributed by atoms with Crippen LogP contribution in [0.15, 0.2) is 40.8 Å². The Morgan fingerprint density at radius 1 is 1.12 bits per heavy atom. The van der Waals surface area contributed by atoms with Crippen molar-refractivity contribution in [1.29, 1.82) is 0 Å². The van der Waals surface area contributed by atoms with Gasteiger partial charge in [-0.25, -0.2) is 4.79 Å². The lowest BCUT2D eigenvalue weighted by Crippen LogP contribution is -2.43. The molecule has 1 aromatic heterocycles. The van der Waals surface area contributed by atoms with E-state index in [9.17, 15) is 4.79 Å². The molecule has 1 fully saturated rings. The third-order valence-electron chi connectivity index (χ3n) is 4.24. The van der Waals surface area contributed by atoms with Crippen molar-refractivity contribution in [2.45, 2.75) is 0 Å². The number of morpholine rings is 1. The van der Waals surface area contributed by atoms with E-state index in [1.54, 1.807) is 12.0 Å². The highest BCUT2D eigenvalue weighted by atomic mass is 16.5. The Morgan fingerprint density at radius 3 is 2.71 bits per heavy atom. The molecule has 0 atom stereocenters. The minimum absolute atomic E-state index is 0.160. The number of methoxy groups -OCH3 is 1. The van der Waals surface area contributed by atoms with Crippen molar-refractivity contribution in [1.82, 2.24) is 4.90 Å². The van der Waals surface area contributed by atoms with Gasteiger partial charge >= 0.3 is 6.03 Å². The molecular formula is C18H18N2O4. The van der Waals surface area contributed by atoms with Crippen molar-refractivity contribution in [3.63, 3.8) is 0 Å². The van der Waals surface area contributed by atoms with Gasteiger partial charge in [0.2, 0.25) is 0 Å². The van der Waals surface area contributed by atoms with Crippen molar-refractivity contribution >= 4 is 33.7 Å². The Labute approximate surface area is 138 Å². The summed E-state index contributed by atoms with van der Waals surface area (Å²) >= 11 is 0. The average Bonchev–Trinajstić information content (AvgIpc) is 2.99. The largest absolute Gasteiger partial charge is 0.495 e. The number of carbonyl (C=O) groups is 1. The van der Waals surface area contributed by atoms with Crippen LogP contribution in [0.1, 0.15) is 0 Å². The zero-order chi connectivity index (χ0) is 16.5. The number of hydrogen-bond donors (Lipinski definition) is 1. The standard InChI is InChI=1S/C18H18N2O4/c1-22-17-10-13-12-4-2-3-5-15(12)24-16(13)11-14(17)19-18(21)20-6-8-23-9-7-20/h2-5,10-11H,6-9H2,1H3,(H,19,21). The molecule has 0 unspecified atom stereocenters. The van der Waals surface area contributed by atoms with Gasteiger partial charge in [0.15, 0.2) is 0 Å². The summed E-state index contributed by atoms with van der Waals surface area (Å²) in [5, 5.41) is 4.90. The average molecular weight is 326 g/mol. The van der Waals surface area contributed by atoms with Crippen molar-refractivity contribution in [3.05, 3.63) is 36.4 Å². The van der Waals surface area contributed by atoms with Crippen LogP contribution in [-0.2, 0) is 4.74 Å². The normalized spacial score (nSPS) is 15.0. The van der Waals surface area contributed by atoms with E-state index in [2.05, 4.69) is 5.32 Å². The van der Waals surface area contributed by atoms with Crippen LogP contribution in [0.2, 0.25) is 0 Å². The second kappa shape index (κ2) is 6.05. The first-order valence-electron chi connectivity index (χ1n) is 7.89. The van der Waals surface area contributed by atoms with Crippen molar-refractivity contribution in [2.75, 3.05) is 38.7 Å². The summed E-state index contributed by atoms with van der Waals surface area (Å²) in [7, 11) is 1.59. The first-order chi connectivity index (χ1) is 11.8. The number of urea groups is 1. The molecule has 3 aromatic rings. The Hall–Kier alpha value is -2.73. The molecule has 6 nitrogen and oxygen atoms in total. The first kappa shape index (κ1) is 14.8. The van der Waals surface area contributed by atoms with Gasteiger partial charge in [-0.3, -0.25) is 0 Å². The number of furan rings is 1. The molecule has 2 amide bonds. The van der Waals surface area contributed by atoms with Crippen LogP contribution in [-0.4, -0.2) is 44.3 Å². The highest BCUT2D eigenvalue weighted by Gasteiger charge is 2.19. The molecule has 6 heteroatoms. The lowest BCUT2D eigenvalue weighted by Gasteiger charge is -2.27. The van der Waals surface area contributed by atoms with E-state index in [4.69, 9.17) is 13.9 Å². The molecule has 0 saturated carbocycles. The Bertz CT molecular complexity index is 897. The molecule has 1 saturated heterocycles. The maximum atomic E-state index is 12.4. The van der Waals surface area contributed by atoms with E-state index in [-0.39, 0.29) is 6.03 Å². The highest BCUT2D eigenvalue weighted by molar-refractivity contribution is 6.07. The molecule has 0 radical (unpaired) electrons. The third kappa shape index (κ3) is 2.55. The Morgan fingerprint density at radius 2 is 1.92 bits per heavy atom. The number of rotatable bonds is 2. The number of carbonyl (C=O) groups excluding carboxylic acids is 1. The van der Waals surface area contributed by atoms with Crippen LogP contribution >= 0.6 is 0 Å². The van der Waals surface area contributed by atoms with E-state index in [1.807, 2.05) is 36.4 Å². The Balaban J connectivity index is 1.71. The number of nitrogens with one attached hydrogen (secondary N) is 1. The Kier molecular flexibility index (Phi) is 3.74. The number of anilines is 1. The highest BCUT2D eigenvalue weighted by Crippen LogP contribution is 2.36. The number of ether oxygens (including phenoxy) is 2. The van der Waals surface area contributed by atoms with E-state index >= 15 is 0 Å². The van der Waals surface area contributed by atoms with Crippen LogP contribution in [0.4, 0.5) is 10.5 Å².